The van der Waals surface area contributed by atoms with Gasteiger partial charge in [-0.1, -0.05) is 60.7 Å². The van der Waals surface area contributed by atoms with E-state index in [1.807, 2.05) is 24.4 Å². The minimum Gasteiger partial charge on any atom is -0.354 e. The van der Waals surface area contributed by atoms with Crippen molar-refractivity contribution in [3.8, 4) is 11.3 Å². The van der Waals surface area contributed by atoms with Gasteiger partial charge in [0.2, 0.25) is 5.78 Å². The van der Waals surface area contributed by atoms with E-state index >= 15 is 0 Å². The van der Waals surface area contributed by atoms with E-state index in [4.69, 9.17) is 4.98 Å². The standard InChI is InChI=1S/C23H23N5/c1-3-7-19(8-4-1)18-26-13-15-27(16-14-26)22-17-24-23-25-21(11-12-28(22)23)20-9-5-2-6-10-20/h1-12,17H,13-16,18H2. The van der Waals surface area contributed by atoms with E-state index < -0.39 is 0 Å². The Balaban J connectivity index is 1.31. The summed E-state index contributed by atoms with van der Waals surface area (Å²) in [7, 11) is 0. The van der Waals surface area contributed by atoms with Crippen LogP contribution in [0.2, 0.25) is 0 Å². The van der Waals surface area contributed by atoms with Gasteiger partial charge in [-0.3, -0.25) is 9.30 Å². The molecule has 1 aliphatic heterocycles. The zero-order valence-corrected chi connectivity index (χ0v) is 15.8. The third-order valence-electron chi connectivity index (χ3n) is 5.37. The summed E-state index contributed by atoms with van der Waals surface area (Å²) >= 11 is 0. The first-order chi connectivity index (χ1) is 13.9. The van der Waals surface area contributed by atoms with Crippen molar-refractivity contribution < 1.29 is 0 Å². The summed E-state index contributed by atoms with van der Waals surface area (Å²) in [5, 5.41) is 0. The Morgan fingerprint density at radius 3 is 2.25 bits per heavy atom. The second-order valence-electron chi connectivity index (χ2n) is 7.21. The van der Waals surface area contributed by atoms with Gasteiger partial charge in [0, 0.05) is 44.5 Å². The van der Waals surface area contributed by atoms with E-state index in [2.05, 4.69) is 73.9 Å². The topological polar surface area (TPSA) is 36.7 Å². The van der Waals surface area contributed by atoms with Crippen molar-refractivity contribution in [3.05, 3.63) is 84.7 Å². The highest BCUT2D eigenvalue weighted by Crippen LogP contribution is 2.22. The summed E-state index contributed by atoms with van der Waals surface area (Å²) in [4.78, 5) is 14.2. The number of fused-ring (bicyclic) bond motifs is 1. The van der Waals surface area contributed by atoms with Crippen molar-refractivity contribution in [2.75, 3.05) is 31.1 Å². The first-order valence-corrected chi connectivity index (χ1v) is 9.77. The SMILES string of the molecule is c1ccc(CN2CCN(c3cnc4nc(-c5ccccc5)ccn34)CC2)cc1. The Morgan fingerprint density at radius 2 is 1.50 bits per heavy atom. The van der Waals surface area contributed by atoms with Gasteiger partial charge in [-0.2, -0.15) is 0 Å². The summed E-state index contributed by atoms with van der Waals surface area (Å²) in [6.07, 6.45) is 4.04. The molecule has 0 spiro atoms. The number of benzene rings is 2. The maximum atomic E-state index is 4.75. The van der Waals surface area contributed by atoms with E-state index in [1.165, 1.54) is 5.56 Å². The van der Waals surface area contributed by atoms with Gasteiger partial charge in [-0.05, 0) is 11.6 Å². The largest absolute Gasteiger partial charge is 0.354 e. The molecule has 2 aromatic heterocycles. The molecule has 0 radical (unpaired) electrons. The Bertz CT molecular complexity index is 1050. The highest BCUT2D eigenvalue weighted by atomic mass is 15.3. The second-order valence-corrected chi connectivity index (χ2v) is 7.21. The third-order valence-corrected chi connectivity index (χ3v) is 5.37. The van der Waals surface area contributed by atoms with Crippen molar-refractivity contribution in [3.63, 3.8) is 0 Å². The lowest BCUT2D eigenvalue weighted by Crippen LogP contribution is -2.46. The lowest BCUT2D eigenvalue weighted by atomic mass is 10.1. The first-order valence-electron chi connectivity index (χ1n) is 9.77. The van der Waals surface area contributed by atoms with Crippen LogP contribution in [0, 0.1) is 0 Å². The molecular formula is C23H23N5. The molecule has 0 atom stereocenters. The molecule has 1 fully saturated rings. The Labute approximate surface area is 164 Å². The number of imidazole rings is 1. The van der Waals surface area contributed by atoms with Crippen molar-refractivity contribution in [1.82, 2.24) is 19.3 Å². The van der Waals surface area contributed by atoms with Gasteiger partial charge < -0.3 is 4.90 Å². The van der Waals surface area contributed by atoms with Crippen LogP contribution in [0.15, 0.2) is 79.1 Å². The lowest BCUT2D eigenvalue weighted by molar-refractivity contribution is 0.249. The van der Waals surface area contributed by atoms with Gasteiger partial charge in [0.15, 0.2) is 0 Å². The van der Waals surface area contributed by atoms with Gasteiger partial charge in [-0.15, -0.1) is 0 Å². The molecule has 28 heavy (non-hydrogen) atoms. The molecule has 0 aliphatic carbocycles. The third kappa shape index (κ3) is 3.37. The van der Waals surface area contributed by atoms with Gasteiger partial charge >= 0.3 is 0 Å². The molecule has 0 amide bonds. The Morgan fingerprint density at radius 1 is 0.786 bits per heavy atom. The number of piperazine rings is 1. The second kappa shape index (κ2) is 7.44. The molecule has 1 aliphatic rings. The monoisotopic (exact) mass is 369 g/mol. The van der Waals surface area contributed by atoms with Crippen LogP contribution < -0.4 is 4.90 Å². The summed E-state index contributed by atoms with van der Waals surface area (Å²) in [6, 6.07) is 23.0. The van der Waals surface area contributed by atoms with Crippen LogP contribution in [0.4, 0.5) is 5.82 Å². The number of hydrogen-bond acceptors (Lipinski definition) is 4. The maximum absolute atomic E-state index is 4.75. The van der Waals surface area contributed by atoms with Crippen molar-refractivity contribution in [2.24, 2.45) is 0 Å². The first kappa shape index (κ1) is 17.0. The van der Waals surface area contributed by atoms with E-state index in [9.17, 15) is 0 Å². The van der Waals surface area contributed by atoms with E-state index in [0.717, 1.165) is 55.6 Å². The predicted octanol–water partition coefficient (Wildman–Crippen LogP) is 3.72. The Kier molecular flexibility index (Phi) is 4.51. The van der Waals surface area contributed by atoms with Gasteiger partial charge in [0.1, 0.15) is 5.82 Å². The van der Waals surface area contributed by atoms with Crippen molar-refractivity contribution in [2.45, 2.75) is 6.54 Å². The van der Waals surface area contributed by atoms with E-state index in [-0.39, 0.29) is 0 Å². The lowest BCUT2D eigenvalue weighted by Gasteiger charge is -2.35. The average molecular weight is 369 g/mol. The molecule has 5 nitrogen and oxygen atoms in total. The van der Waals surface area contributed by atoms with Crippen LogP contribution in [0.5, 0.6) is 0 Å². The zero-order chi connectivity index (χ0) is 18.8. The predicted molar refractivity (Wildman–Crippen MR) is 112 cm³/mol. The quantitative estimate of drug-likeness (QED) is 0.549. The molecule has 1 saturated heterocycles. The fourth-order valence-corrected chi connectivity index (χ4v) is 3.84. The highest BCUT2D eigenvalue weighted by Gasteiger charge is 2.20. The molecule has 140 valence electrons. The van der Waals surface area contributed by atoms with Crippen LogP contribution in [0.1, 0.15) is 5.56 Å². The zero-order valence-electron chi connectivity index (χ0n) is 15.8. The molecule has 2 aromatic carbocycles. The highest BCUT2D eigenvalue weighted by molar-refractivity contribution is 5.61. The van der Waals surface area contributed by atoms with Crippen LogP contribution in [-0.4, -0.2) is 45.4 Å². The molecular weight excluding hydrogens is 346 g/mol. The smallest absolute Gasteiger partial charge is 0.235 e. The fraction of sp³-hybridized carbons (Fsp3) is 0.217. The number of rotatable bonds is 4. The van der Waals surface area contributed by atoms with E-state index in [0.29, 0.717) is 0 Å². The number of nitrogens with zero attached hydrogens (tertiary/aromatic N) is 5. The van der Waals surface area contributed by atoms with Crippen LogP contribution in [0.3, 0.4) is 0 Å². The molecule has 3 heterocycles. The van der Waals surface area contributed by atoms with Gasteiger partial charge in [0.25, 0.3) is 0 Å². The molecule has 5 heteroatoms. The minimum atomic E-state index is 0.753. The molecule has 5 rings (SSSR count). The summed E-state index contributed by atoms with van der Waals surface area (Å²) < 4.78 is 2.10. The van der Waals surface area contributed by atoms with Crippen LogP contribution >= 0.6 is 0 Å². The number of anilines is 1. The summed E-state index contributed by atoms with van der Waals surface area (Å²) in [6.45, 7) is 5.13. The number of hydrogen-bond donors (Lipinski definition) is 0. The van der Waals surface area contributed by atoms with Crippen LogP contribution in [0.25, 0.3) is 17.0 Å². The average Bonchev–Trinajstić information content (AvgIpc) is 3.19. The normalized spacial score (nSPS) is 15.2. The van der Waals surface area contributed by atoms with Gasteiger partial charge in [0.05, 0.1) is 11.9 Å². The van der Waals surface area contributed by atoms with Gasteiger partial charge in [-0.25, -0.2) is 9.97 Å². The fourth-order valence-electron chi connectivity index (χ4n) is 3.84. The van der Waals surface area contributed by atoms with Crippen molar-refractivity contribution in [1.29, 1.82) is 0 Å². The van der Waals surface area contributed by atoms with E-state index in [1.54, 1.807) is 0 Å². The number of aromatic nitrogens is 3. The molecule has 0 N–H and O–H groups in total. The maximum Gasteiger partial charge on any atom is 0.235 e. The molecule has 0 bridgehead atoms. The molecule has 0 saturated carbocycles. The summed E-state index contributed by atoms with van der Waals surface area (Å²) in [5.74, 6) is 1.88. The van der Waals surface area contributed by atoms with Crippen molar-refractivity contribution >= 4 is 11.6 Å². The summed E-state index contributed by atoms with van der Waals surface area (Å²) in [5.41, 5.74) is 3.45. The van der Waals surface area contributed by atoms with Crippen LogP contribution in [-0.2, 0) is 6.54 Å². The Hall–Kier alpha value is -3.18. The molecule has 4 aromatic rings. The minimum absolute atomic E-state index is 0.753. The molecule has 0 unspecified atom stereocenters.